The maximum Gasteiger partial charge on any atom is 0.320 e. The molecule has 1 aliphatic rings. The second kappa shape index (κ2) is 5.87. The van der Waals surface area contributed by atoms with E-state index >= 15 is 0 Å². The Hall–Kier alpha value is -1.16. The first-order valence-corrected chi connectivity index (χ1v) is 7.75. The normalized spacial score (nSPS) is 19.0. The highest BCUT2D eigenvalue weighted by molar-refractivity contribution is 7.99. The number of rotatable bonds is 2. The third-order valence-corrected chi connectivity index (χ3v) is 4.67. The SMILES string of the molecule is CC(C)c1ccc(C2SCCN2C(=O)N(C)C)cc1. The van der Waals surface area contributed by atoms with Gasteiger partial charge in [-0.3, -0.25) is 0 Å². The van der Waals surface area contributed by atoms with Crippen LogP contribution in [0.15, 0.2) is 24.3 Å². The molecule has 0 aromatic heterocycles. The summed E-state index contributed by atoms with van der Waals surface area (Å²) in [4.78, 5) is 15.8. The Morgan fingerprint density at radius 1 is 1.32 bits per heavy atom. The molecule has 0 aliphatic carbocycles. The van der Waals surface area contributed by atoms with Gasteiger partial charge in [-0.05, 0) is 17.0 Å². The average Bonchev–Trinajstić information content (AvgIpc) is 2.86. The van der Waals surface area contributed by atoms with E-state index in [9.17, 15) is 4.79 Å². The molecule has 0 bridgehead atoms. The molecule has 0 saturated carbocycles. The lowest BCUT2D eigenvalue weighted by atomic mass is 10.0. The van der Waals surface area contributed by atoms with E-state index in [1.807, 2.05) is 30.8 Å². The summed E-state index contributed by atoms with van der Waals surface area (Å²) in [5, 5.41) is 0.163. The molecule has 0 N–H and O–H groups in total. The largest absolute Gasteiger partial charge is 0.331 e. The van der Waals surface area contributed by atoms with E-state index in [0.29, 0.717) is 5.92 Å². The van der Waals surface area contributed by atoms with Crippen LogP contribution < -0.4 is 0 Å². The molecular weight excluding hydrogens is 256 g/mol. The van der Waals surface area contributed by atoms with Crippen LogP contribution in [0, 0.1) is 0 Å². The van der Waals surface area contributed by atoms with Gasteiger partial charge in [0.15, 0.2) is 0 Å². The number of amides is 2. The maximum atomic E-state index is 12.1. The molecule has 2 rings (SSSR count). The van der Waals surface area contributed by atoms with E-state index in [2.05, 4.69) is 38.1 Å². The fraction of sp³-hybridized carbons (Fsp3) is 0.533. The molecule has 4 heteroatoms. The van der Waals surface area contributed by atoms with Crippen molar-refractivity contribution in [2.24, 2.45) is 0 Å². The standard InChI is InChI=1S/C15H22N2OS/c1-11(2)12-5-7-13(8-6-12)14-17(9-10-19-14)15(18)16(3)4/h5-8,11,14H,9-10H2,1-4H3. The first-order chi connectivity index (χ1) is 9.00. The Labute approximate surface area is 120 Å². The van der Waals surface area contributed by atoms with Gasteiger partial charge in [0.05, 0.1) is 0 Å². The van der Waals surface area contributed by atoms with E-state index in [1.165, 1.54) is 11.1 Å². The predicted molar refractivity (Wildman–Crippen MR) is 81.5 cm³/mol. The van der Waals surface area contributed by atoms with Crippen LogP contribution in [-0.2, 0) is 0 Å². The van der Waals surface area contributed by atoms with Crippen molar-refractivity contribution in [3.8, 4) is 0 Å². The quantitative estimate of drug-likeness (QED) is 0.826. The van der Waals surface area contributed by atoms with Crippen molar-refractivity contribution < 1.29 is 4.79 Å². The van der Waals surface area contributed by atoms with E-state index < -0.39 is 0 Å². The second-order valence-electron chi connectivity index (χ2n) is 5.41. The van der Waals surface area contributed by atoms with Gasteiger partial charge in [-0.25, -0.2) is 4.79 Å². The highest BCUT2D eigenvalue weighted by Gasteiger charge is 2.31. The zero-order valence-corrected chi connectivity index (χ0v) is 12.9. The molecule has 0 radical (unpaired) electrons. The zero-order chi connectivity index (χ0) is 14.0. The highest BCUT2D eigenvalue weighted by Crippen LogP contribution is 2.38. The summed E-state index contributed by atoms with van der Waals surface area (Å²) < 4.78 is 0. The summed E-state index contributed by atoms with van der Waals surface area (Å²) in [6.45, 7) is 5.22. The molecule has 1 aliphatic heterocycles. The molecule has 1 aromatic carbocycles. The van der Waals surface area contributed by atoms with Crippen molar-refractivity contribution in [2.45, 2.75) is 25.1 Å². The van der Waals surface area contributed by atoms with E-state index in [4.69, 9.17) is 0 Å². The number of carbonyl (C=O) groups excluding carboxylic acids is 1. The second-order valence-corrected chi connectivity index (χ2v) is 6.60. The molecule has 1 unspecified atom stereocenters. The van der Waals surface area contributed by atoms with Crippen LogP contribution in [0.3, 0.4) is 0 Å². The van der Waals surface area contributed by atoms with Crippen molar-refractivity contribution in [1.29, 1.82) is 0 Å². The maximum absolute atomic E-state index is 12.1. The summed E-state index contributed by atoms with van der Waals surface area (Å²) in [5.41, 5.74) is 2.57. The predicted octanol–water partition coefficient (Wildman–Crippen LogP) is 3.54. The van der Waals surface area contributed by atoms with Crippen LogP contribution in [0.4, 0.5) is 4.79 Å². The molecule has 3 nitrogen and oxygen atoms in total. The first-order valence-electron chi connectivity index (χ1n) is 6.70. The minimum atomic E-state index is 0.0999. The van der Waals surface area contributed by atoms with Gasteiger partial charge in [-0.15, -0.1) is 11.8 Å². The van der Waals surface area contributed by atoms with Gasteiger partial charge in [0.2, 0.25) is 0 Å². The molecule has 19 heavy (non-hydrogen) atoms. The van der Waals surface area contributed by atoms with Gasteiger partial charge in [-0.1, -0.05) is 38.1 Å². The van der Waals surface area contributed by atoms with E-state index in [-0.39, 0.29) is 11.4 Å². The van der Waals surface area contributed by atoms with Gasteiger partial charge in [-0.2, -0.15) is 0 Å². The molecule has 104 valence electrons. The molecular formula is C15H22N2OS. The summed E-state index contributed by atoms with van der Waals surface area (Å²) in [7, 11) is 3.62. The number of nitrogens with zero attached hydrogens (tertiary/aromatic N) is 2. The molecule has 1 fully saturated rings. The van der Waals surface area contributed by atoms with Gasteiger partial charge < -0.3 is 9.80 Å². The summed E-state index contributed by atoms with van der Waals surface area (Å²) in [6.07, 6.45) is 0. The molecule has 1 atom stereocenters. The van der Waals surface area contributed by atoms with Gasteiger partial charge in [0, 0.05) is 26.4 Å². The van der Waals surface area contributed by atoms with Gasteiger partial charge in [0.1, 0.15) is 5.37 Å². The number of urea groups is 1. The monoisotopic (exact) mass is 278 g/mol. The Kier molecular flexibility index (Phi) is 4.40. The molecule has 1 saturated heterocycles. The Balaban J connectivity index is 2.18. The van der Waals surface area contributed by atoms with Crippen LogP contribution >= 0.6 is 11.8 Å². The zero-order valence-electron chi connectivity index (χ0n) is 12.1. The van der Waals surface area contributed by atoms with Crippen LogP contribution in [-0.4, -0.2) is 42.2 Å². The minimum absolute atomic E-state index is 0.0999. The molecule has 2 amide bonds. The molecule has 1 heterocycles. The van der Waals surface area contributed by atoms with Crippen molar-refractivity contribution in [3.05, 3.63) is 35.4 Å². The van der Waals surface area contributed by atoms with E-state index in [1.54, 1.807) is 4.90 Å². The van der Waals surface area contributed by atoms with Gasteiger partial charge >= 0.3 is 6.03 Å². The first kappa shape index (κ1) is 14.3. The third-order valence-electron chi connectivity index (χ3n) is 3.41. The van der Waals surface area contributed by atoms with Crippen molar-refractivity contribution in [3.63, 3.8) is 0 Å². The number of thioether (sulfide) groups is 1. The van der Waals surface area contributed by atoms with Crippen LogP contribution in [0.25, 0.3) is 0 Å². The Morgan fingerprint density at radius 3 is 2.47 bits per heavy atom. The number of benzene rings is 1. The highest BCUT2D eigenvalue weighted by atomic mass is 32.2. The third kappa shape index (κ3) is 3.06. The Bertz CT molecular complexity index is 442. The summed E-state index contributed by atoms with van der Waals surface area (Å²) in [6, 6.07) is 8.78. The minimum Gasteiger partial charge on any atom is -0.331 e. The number of hydrogen-bond donors (Lipinski definition) is 0. The van der Waals surface area contributed by atoms with Crippen LogP contribution in [0.5, 0.6) is 0 Å². The lowest BCUT2D eigenvalue weighted by Gasteiger charge is -2.27. The topological polar surface area (TPSA) is 23.6 Å². The van der Waals surface area contributed by atoms with Crippen molar-refractivity contribution >= 4 is 17.8 Å². The van der Waals surface area contributed by atoms with E-state index in [0.717, 1.165) is 12.3 Å². The lowest BCUT2D eigenvalue weighted by Crippen LogP contribution is -2.38. The molecule has 0 spiro atoms. The summed E-state index contributed by atoms with van der Waals surface area (Å²) in [5.74, 6) is 1.56. The van der Waals surface area contributed by atoms with Crippen LogP contribution in [0.2, 0.25) is 0 Å². The number of carbonyl (C=O) groups is 1. The van der Waals surface area contributed by atoms with Crippen molar-refractivity contribution in [2.75, 3.05) is 26.4 Å². The fourth-order valence-corrected chi connectivity index (χ4v) is 3.49. The van der Waals surface area contributed by atoms with Crippen molar-refractivity contribution in [1.82, 2.24) is 9.80 Å². The smallest absolute Gasteiger partial charge is 0.320 e. The average molecular weight is 278 g/mol. The van der Waals surface area contributed by atoms with Gasteiger partial charge in [0.25, 0.3) is 0 Å². The Morgan fingerprint density at radius 2 is 1.95 bits per heavy atom. The fourth-order valence-electron chi connectivity index (χ4n) is 2.24. The molecule has 1 aromatic rings. The summed E-state index contributed by atoms with van der Waals surface area (Å²) >= 11 is 1.84. The van der Waals surface area contributed by atoms with Crippen LogP contribution in [0.1, 0.15) is 36.3 Å². The number of hydrogen-bond acceptors (Lipinski definition) is 2. The lowest BCUT2D eigenvalue weighted by molar-refractivity contribution is 0.173.